The van der Waals surface area contributed by atoms with Gasteiger partial charge in [0.05, 0.1) is 5.69 Å². The summed E-state index contributed by atoms with van der Waals surface area (Å²) in [5.74, 6) is 0.503. The van der Waals surface area contributed by atoms with E-state index in [1.807, 2.05) is 42.6 Å². The Bertz CT molecular complexity index is 707. The minimum atomic E-state index is -0.520. The van der Waals surface area contributed by atoms with E-state index >= 15 is 0 Å². The number of amides is 1. The molecule has 0 aliphatic carbocycles. The average molecular weight is 279 g/mol. The molecule has 0 aliphatic heterocycles. The molecule has 0 unspecified atom stereocenters. The number of hydrogen-bond acceptors (Lipinski definition) is 3. The molecule has 3 aromatic rings. The minimum Gasteiger partial charge on any atom is -0.410 e. The van der Waals surface area contributed by atoms with Crippen molar-refractivity contribution in [1.82, 2.24) is 9.78 Å². The van der Waals surface area contributed by atoms with Gasteiger partial charge in [0.25, 0.3) is 0 Å². The predicted octanol–water partition coefficient (Wildman–Crippen LogP) is 3.48. The molecule has 0 spiro atoms. The van der Waals surface area contributed by atoms with Crippen LogP contribution in [0.2, 0.25) is 0 Å². The predicted molar refractivity (Wildman–Crippen MR) is 79.7 cm³/mol. The van der Waals surface area contributed by atoms with Crippen LogP contribution >= 0.6 is 0 Å². The molecule has 0 saturated carbocycles. The van der Waals surface area contributed by atoms with Crippen LogP contribution in [-0.2, 0) is 0 Å². The van der Waals surface area contributed by atoms with Crippen LogP contribution in [0.4, 0.5) is 10.5 Å². The largest absolute Gasteiger partial charge is 0.417 e. The number of anilines is 1. The van der Waals surface area contributed by atoms with Crippen LogP contribution in [-0.4, -0.2) is 15.9 Å². The molecule has 0 fully saturated rings. The molecule has 1 N–H and O–H groups in total. The van der Waals surface area contributed by atoms with E-state index < -0.39 is 6.09 Å². The van der Waals surface area contributed by atoms with Crippen molar-refractivity contribution in [3.63, 3.8) is 0 Å². The number of ether oxygens (including phenoxy) is 1. The number of carbonyl (C=O) groups excluding carboxylic acids is 1. The van der Waals surface area contributed by atoms with Crippen LogP contribution < -0.4 is 10.1 Å². The van der Waals surface area contributed by atoms with E-state index in [2.05, 4.69) is 10.4 Å². The normalized spacial score (nSPS) is 10.1. The van der Waals surface area contributed by atoms with Gasteiger partial charge in [-0.15, -0.1) is 0 Å². The van der Waals surface area contributed by atoms with Gasteiger partial charge in [0.2, 0.25) is 0 Å². The van der Waals surface area contributed by atoms with E-state index in [-0.39, 0.29) is 0 Å². The van der Waals surface area contributed by atoms with Crippen LogP contribution in [0.25, 0.3) is 5.69 Å². The zero-order chi connectivity index (χ0) is 14.5. The lowest BCUT2D eigenvalue weighted by atomic mass is 10.3. The van der Waals surface area contributed by atoms with Gasteiger partial charge in [-0.3, -0.25) is 5.32 Å². The van der Waals surface area contributed by atoms with Crippen molar-refractivity contribution in [3.05, 3.63) is 73.1 Å². The molecule has 0 bridgehead atoms. The molecule has 1 amide bonds. The van der Waals surface area contributed by atoms with Crippen LogP contribution in [0.3, 0.4) is 0 Å². The molecule has 104 valence electrons. The van der Waals surface area contributed by atoms with Gasteiger partial charge in [-0.2, -0.15) is 5.10 Å². The Labute approximate surface area is 121 Å². The Kier molecular flexibility index (Phi) is 3.64. The third-order valence-electron chi connectivity index (χ3n) is 2.84. The van der Waals surface area contributed by atoms with E-state index in [0.29, 0.717) is 11.4 Å². The maximum absolute atomic E-state index is 11.7. The lowest BCUT2D eigenvalue weighted by molar-refractivity contribution is 0.215. The smallest absolute Gasteiger partial charge is 0.410 e. The maximum Gasteiger partial charge on any atom is 0.417 e. The van der Waals surface area contributed by atoms with E-state index in [4.69, 9.17) is 4.74 Å². The summed E-state index contributed by atoms with van der Waals surface area (Å²) in [5.41, 5.74) is 1.58. The van der Waals surface area contributed by atoms with E-state index in [1.165, 1.54) is 0 Å². The Morgan fingerprint density at radius 2 is 1.76 bits per heavy atom. The van der Waals surface area contributed by atoms with Gasteiger partial charge in [-0.1, -0.05) is 18.2 Å². The maximum atomic E-state index is 11.7. The third-order valence-corrected chi connectivity index (χ3v) is 2.84. The quantitative estimate of drug-likeness (QED) is 0.798. The van der Waals surface area contributed by atoms with E-state index in [9.17, 15) is 4.79 Å². The molecule has 21 heavy (non-hydrogen) atoms. The van der Waals surface area contributed by atoms with Gasteiger partial charge in [0.1, 0.15) is 5.75 Å². The highest BCUT2D eigenvalue weighted by Gasteiger charge is 2.05. The fraction of sp³-hybridized carbons (Fsp3) is 0. The molecule has 0 atom stereocenters. The van der Waals surface area contributed by atoms with Crippen molar-refractivity contribution in [2.24, 2.45) is 0 Å². The molecule has 1 heterocycles. The first kappa shape index (κ1) is 12.9. The van der Waals surface area contributed by atoms with E-state index in [0.717, 1.165) is 5.69 Å². The van der Waals surface area contributed by atoms with Gasteiger partial charge in [0.15, 0.2) is 0 Å². The SMILES string of the molecule is O=C(Nc1ccc(-n2cccn2)cc1)Oc1ccccc1. The third kappa shape index (κ3) is 3.27. The van der Waals surface area contributed by atoms with Crippen molar-refractivity contribution >= 4 is 11.8 Å². The minimum absolute atomic E-state index is 0.503. The Morgan fingerprint density at radius 3 is 2.43 bits per heavy atom. The number of aromatic nitrogens is 2. The summed E-state index contributed by atoms with van der Waals surface area (Å²) in [6.07, 6.45) is 3.04. The summed E-state index contributed by atoms with van der Waals surface area (Å²) < 4.78 is 6.90. The highest BCUT2D eigenvalue weighted by molar-refractivity contribution is 5.86. The highest BCUT2D eigenvalue weighted by Crippen LogP contribution is 2.14. The number of rotatable bonds is 3. The van der Waals surface area contributed by atoms with Gasteiger partial charge >= 0.3 is 6.09 Å². The summed E-state index contributed by atoms with van der Waals surface area (Å²) in [4.78, 5) is 11.7. The lowest BCUT2D eigenvalue weighted by Crippen LogP contribution is -2.16. The molecule has 5 heteroatoms. The van der Waals surface area contributed by atoms with Gasteiger partial charge in [0, 0.05) is 18.1 Å². The van der Waals surface area contributed by atoms with E-state index in [1.54, 1.807) is 35.1 Å². The molecule has 0 aliphatic rings. The first-order valence-corrected chi connectivity index (χ1v) is 6.45. The molecule has 0 saturated heterocycles. The van der Waals surface area contributed by atoms with Gasteiger partial charge in [-0.25, -0.2) is 9.48 Å². The van der Waals surface area contributed by atoms with Crippen molar-refractivity contribution < 1.29 is 9.53 Å². The number of nitrogens with one attached hydrogen (secondary N) is 1. The molecule has 3 rings (SSSR count). The number of nitrogens with zero attached hydrogens (tertiary/aromatic N) is 2. The average Bonchev–Trinajstić information content (AvgIpc) is 3.03. The van der Waals surface area contributed by atoms with Crippen LogP contribution in [0.1, 0.15) is 0 Å². The molecular formula is C16H13N3O2. The number of hydrogen-bond donors (Lipinski definition) is 1. The summed E-state index contributed by atoms with van der Waals surface area (Å²) >= 11 is 0. The van der Waals surface area contributed by atoms with Crippen LogP contribution in [0, 0.1) is 0 Å². The Morgan fingerprint density at radius 1 is 1.00 bits per heavy atom. The van der Waals surface area contributed by atoms with Gasteiger partial charge in [-0.05, 0) is 42.5 Å². The van der Waals surface area contributed by atoms with Crippen molar-refractivity contribution in [1.29, 1.82) is 0 Å². The van der Waals surface area contributed by atoms with Crippen LogP contribution in [0.15, 0.2) is 73.1 Å². The van der Waals surface area contributed by atoms with Crippen molar-refractivity contribution in [3.8, 4) is 11.4 Å². The van der Waals surface area contributed by atoms with Crippen molar-refractivity contribution in [2.75, 3.05) is 5.32 Å². The zero-order valence-corrected chi connectivity index (χ0v) is 11.1. The van der Waals surface area contributed by atoms with Crippen LogP contribution in [0.5, 0.6) is 5.75 Å². The first-order chi connectivity index (χ1) is 10.3. The molecule has 0 radical (unpaired) electrons. The fourth-order valence-electron chi connectivity index (χ4n) is 1.86. The molecular weight excluding hydrogens is 266 g/mol. The summed E-state index contributed by atoms with van der Waals surface area (Å²) in [6.45, 7) is 0. The number of carbonyl (C=O) groups is 1. The number of benzene rings is 2. The molecule has 2 aromatic carbocycles. The monoisotopic (exact) mass is 279 g/mol. The topological polar surface area (TPSA) is 56.2 Å². The lowest BCUT2D eigenvalue weighted by Gasteiger charge is -2.07. The Balaban J connectivity index is 1.64. The van der Waals surface area contributed by atoms with Gasteiger partial charge < -0.3 is 4.74 Å². The second kappa shape index (κ2) is 5.92. The molecule has 5 nitrogen and oxygen atoms in total. The summed E-state index contributed by atoms with van der Waals surface area (Å²) in [7, 11) is 0. The summed E-state index contributed by atoms with van der Waals surface area (Å²) in [5, 5.41) is 6.81. The second-order valence-corrected chi connectivity index (χ2v) is 4.33. The Hall–Kier alpha value is -3.08. The second-order valence-electron chi connectivity index (χ2n) is 4.33. The fourth-order valence-corrected chi connectivity index (χ4v) is 1.86. The summed E-state index contributed by atoms with van der Waals surface area (Å²) in [6, 6.07) is 18.1. The number of para-hydroxylation sites is 1. The first-order valence-electron chi connectivity index (χ1n) is 6.45. The van der Waals surface area contributed by atoms with Crippen molar-refractivity contribution in [2.45, 2.75) is 0 Å². The standard InChI is InChI=1S/C16H13N3O2/c20-16(21-15-5-2-1-3-6-15)18-13-7-9-14(10-8-13)19-12-4-11-17-19/h1-12H,(H,18,20). The molecule has 1 aromatic heterocycles. The zero-order valence-electron chi connectivity index (χ0n) is 11.1. The highest BCUT2D eigenvalue weighted by atomic mass is 16.6.